The molecule has 0 spiro atoms. The van der Waals surface area contributed by atoms with Gasteiger partial charge in [-0.1, -0.05) is 18.2 Å². The molecule has 1 aliphatic rings. The van der Waals surface area contributed by atoms with Gasteiger partial charge >= 0.3 is 12.0 Å². The van der Waals surface area contributed by atoms with Crippen molar-refractivity contribution in [3.8, 4) is 0 Å². The van der Waals surface area contributed by atoms with Gasteiger partial charge in [0.05, 0.1) is 30.8 Å². The van der Waals surface area contributed by atoms with Gasteiger partial charge < -0.3 is 20.3 Å². The van der Waals surface area contributed by atoms with Crippen LogP contribution in [0.3, 0.4) is 0 Å². The molecular weight excluding hydrogens is 378 g/mol. The average molecular weight is 401 g/mol. The van der Waals surface area contributed by atoms with Gasteiger partial charge in [0.15, 0.2) is 0 Å². The normalized spacial score (nSPS) is 16.3. The molecule has 1 unspecified atom stereocenters. The van der Waals surface area contributed by atoms with Gasteiger partial charge in [-0.05, 0) is 36.4 Å². The first-order valence-corrected chi connectivity index (χ1v) is 10.00. The maximum atomic E-state index is 12.7. The third-order valence-corrected chi connectivity index (χ3v) is 5.54. The summed E-state index contributed by atoms with van der Waals surface area (Å²) in [5.74, 6) is -1.03. The Morgan fingerprint density at radius 2 is 2.04 bits per heavy atom. The Bertz CT molecular complexity index is 838. The molecule has 1 saturated heterocycles. The number of nitrogens with zero attached hydrogens (tertiary/aromatic N) is 1. The van der Waals surface area contributed by atoms with Gasteiger partial charge in [-0.3, -0.25) is 4.79 Å². The first-order chi connectivity index (χ1) is 13.6. The van der Waals surface area contributed by atoms with Crippen LogP contribution in [0.4, 0.5) is 10.5 Å². The van der Waals surface area contributed by atoms with Crippen molar-refractivity contribution < 1.29 is 19.1 Å². The van der Waals surface area contributed by atoms with Crippen molar-refractivity contribution in [2.75, 3.05) is 25.5 Å². The standard InChI is InChI=1S/C20H23N3O4S/c1-27-19(25)16-8-2-3-9-17(16)22-18(24)14-6-4-10-23(13-14)20(26)21-12-15-7-5-11-28-15/h2-3,5,7-9,11,14H,4,6,10,12-13H2,1H3,(H,21,26)(H,22,24). The molecule has 0 bridgehead atoms. The molecule has 1 fully saturated rings. The lowest BCUT2D eigenvalue weighted by Gasteiger charge is -2.32. The van der Waals surface area contributed by atoms with Crippen molar-refractivity contribution in [2.24, 2.45) is 5.92 Å². The number of anilines is 1. The number of piperidine rings is 1. The Morgan fingerprint density at radius 3 is 2.79 bits per heavy atom. The molecule has 2 aromatic rings. The van der Waals surface area contributed by atoms with E-state index in [1.165, 1.54) is 7.11 Å². The number of urea groups is 1. The van der Waals surface area contributed by atoms with E-state index >= 15 is 0 Å². The zero-order valence-corrected chi connectivity index (χ0v) is 16.5. The van der Waals surface area contributed by atoms with E-state index < -0.39 is 5.97 Å². The molecule has 0 radical (unpaired) electrons. The lowest BCUT2D eigenvalue weighted by atomic mass is 9.97. The highest BCUT2D eigenvalue weighted by atomic mass is 32.1. The van der Waals surface area contributed by atoms with Crippen LogP contribution in [-0.4, -0.2) is 43.0 Å². The van der Waals surface area contributed by atoms with Crippen molar-refractivity contribution >= 4 is 34.9 Å². The minimum Gasteiger partial charge on any atom is -0.465 e. The van der Waals surface area contributed by atoms with Gasteiger partial charge in [0.1, 0.15) is 0 Å². The lowest BCUT2D eigenvalue weighted by molar-refractivity contribution is -0.121. The summed E-state index contributed by atoms with van der Waals surface area (Å²) in [5.41, 5.74) is 0.721. The van der Waals surface area contributed by atoms with Gasteiger partial charge in [0, 0.05) is 18.0 Å². The summed E-state index contributed by atoms with van der Waals surface area (Å²) in [7, 11) is 1.30. The third-order valence-electron chi connectivity index (χ3n) is 4.66. The fourth-order valence-corrected chi connectivity index (χ4v) is 3.82. The Hall–Kier alpha value is -2.87. The number of nitrogens with one attached hydrogen (secondary N) is 2. The first-order valence-electron chi connectivity index (χ1n) is 9.12. The molecule has 1 aromatic carbocycles. The number of ether oxygens (including phenoxy) is 1. The molecule has 8 heteroatoms. The van der Waals surface area contributed by atoms with Gasteiger partial charge in [0.25, 0.3) is 0 Å². The third kappa shape index (κ3) is 4.89. The highest BCUT2D eigenvalue weighted by Gasteiger charge is 2.29. The first kappa shape index (κ1) is 19.9. The van der Waals surface area contributed by atoms with E-state index in [0.717, 1.165) is 11.3 Å². The number of hydrogen-bond acceptors (Lipinski definition) is 5. The molecule has 28 heavy (non-hydrogen) atoms. The van der Waals surface area contributed by atoms with Crippen molar-refractivity contribution in [2.45, 2.75) is 19.4 Å². The molecule has 0 saturated carbocycles. The number of benzene rings is 1. The summed E-state index contributed by atoms with van der Waals surface area (Å²) >= 11 is 1.59. The van der Waals surface area contributed by atoms with E-state index in [1.54, 1.807) is 40.5 Å². The Balaban J connectivity index is 1.58. The molecule has 1 aromatic heterocycles. The van der Waals surface area contributed by atoms with Crippen LogP contribution in [-0.2, 0) is 16.1 Å². The second-order valence-corrected chi connectivity index (χ2v) is 7.58. The average Bonchev–Trinajstić information content (AvgIpc) is 3.25. The van der Waals surface area contributed by atoms with Gasteiger partial charge in [-0.2, -0.15) is 0 Å². The second kappa shape index (κ2) is 9.36. The number of carbonyl (C=O) groups is 3. The molecule has 0 aliphatic carbocycles. The van der Waals surface area contributed by atoms with Crippen LogP contribution in [0, 0.1) is 5.92 Å². The number of esters is 1. The molecular formula is C20H23N3O4S. The van der Waals surface area contributed by atoms with Crippen LogP contribution in [0.2, 0.25) is 0 Å². The number of rotatable bonds is 5. The van der Waals surface area contributed by atoms with Crippen LogP contribution < -0.4 is 10.6 Å². The largest absolute Gasteiger partial charge is 0.465 e. The summed E-state index contributed by atoms with van der Waals surface area (Å²) in [6.45, 7) is 1.46. The number of methoxy groups -OCH3 is 1. The van der Waals surface area contributed by atoms with Crippen LogP contribution >= 0.6 is 11.3 Å². The number of amides is 3. The number of carbonyl (C=O) groups excluding carboxylic acids is 3. The molecule has 1 atom stereocenters. The second-order valence-electron chi connectivity index (χ2n) is 6.55. The van der Waals surface area contributed by atoms with Gasteiger partial charge in [-0.15, -0.1) is 11.3 Å². The smallest absolute Gasteiger partial charge is 0.339 e. The summed E-state index contributed by atoms with van der Waals surface area (Å²) in [4.78, 5) is 39.8. The Morgan fingerprint density at radius 1 is 1.21 bits per heavy atom. The van der Waals surface area contributed by atoms with E-state index in [1.807, 2.05) is 17.5 Å². The molecule has 2 N–H and O–H groups in total. The Kier molecular flexibility index (Phi) is 6.65. The van der Waals surface area contributed by atoms with Crippen LogP contribution in [0.5, 0.6) is 0 Å². The Labute approximate surface area is 167 Å². The number of likely N-dealkylation sites (tertiary alicyclic amines) is 1. The lowest BCUT2D eigenvalue weighted by Crippen LogP contribution is -2.47. The van der Waals surface area contributed by atoms with Crippen molar-refractivity contribution in [3.63, 3.8) is 0 Å². The molecule has 3 amide bonds. The van der Waals surface area contributed by atoms with Crippen LogP contribution in [0.1, 0.15) is 28.1 Å². The highest BCUT2D eigenvalue weighted by molar-refractivity contribution is 7.09. The van der Waals surface area contributed by atoms with Crippen LogP contribution in [0.15, 0.2) is 41.8 Å². The van der Waals surface area contributed by atoms with Crippen LogP contribution in [0.25, 0.3) is 0 Å². The van der Waals surface area contributed by atoms with Crippen molar-refractivity contribution in [3.05, 3.63) is 52.2 Å². The van der Waals surface area contributed by atoms with E-state index in [0.29, 0.717) is 37.3 Å². The van der Waals surface area contributed by atoms with Crippen molar-refractivity contribution in [1.29, 1.82) is 0 Å². The summed E-state index contributed by atoms with van der Waals surface area (Å²) in [5, 5.41) is 7.68. The van der Waals surface area contributed by atoms with E-state index in [-0.39, 0.29) is 17.9 Å². The SMILES string of the molecule is COC(=O)c1ccccc1NC(=O)C1CCCN(C(=O)NCc2cccs2)C1. The van der Waals surface area contributed by atoms with Crippen molar-refractivity contribution in [1.82, 2.24) is 10.2 Å². The fraction of sp³-hybridized carbons (Fsp3) is 0.350. The molecule has 148 valence electrons. The van der Waals surface area contributed by atoms with E-state index in [4.69, 9.17) is 4.74 Å². The summed E-state index contributed by atoms with van der Waals surface area (Å²) < 4.78 is 4.76. The zero-order valence-electron chi connectivity index (χ0n) is 15.6. The predicted octanol–water partition coefficient (Wildman–Crippen LogP) is 3.10. The minimum atomic E-state index is -0.505. The fourth-order valence-electron chi connectivity index (χ4n) is 3.18. The molecule has 7 nitrogen and oxygen atoms in total. The van der Waals surface area contributed by atoms with Gasteiger partial charge in [-0.25, -0.2) is 9.59 Å². The number of thiophene rings is 1. The monoisotopic (exact) mass is 401 g/mol. The van der Waals surface area contributed by atoms with E-state index in [9.17, 15) is 14.4 Å². The zero-order chi connectivity index (χ0) is 19.9. The minimum absolute atomic E-state index is 0.166. The summed E-state index contributed by atoms with van der Waals surface area (Å²) in [6.07, 6.45) is 1.45. The van der Waals surface area contributed by atoms with Gasteiger partial charge in [0.2, 0.25) is 5.91 Å². The highest BCUT2D eigenvalue weighted by Crippen LogP contribution is 2.21. The number of hydrogen-bond donors (Lipinski definition) is 2. The summed E-state index contributed by atoms with van der Waals surface area (Å²) in [6, 6.07) is 10.5. The molecule has 1 aliphatic heterocycles. The van der Waals surface area contributed by atoms with E-state index in [2.05, 4.69) is 10.6 Å². The predicted molar refractivity (Wildman–Crippen MR) is 107 cm³/mol. The number of para-hydroxylation sites is 1. The quantitative estimate of drug-likeness (QED) is 0.754. The molecule has 2 heterocycles. The maximum Gasteiger partial charge on any atom is 0.339 e. The maximum absolute atomic E-state index is 12.7. The molecule has 3 rings (SSSR count). The topological polar surface area (TPSA) is 87.7 Å².